The van der Waals surface area contributed by atoms with Gasteiger partial charge < -0.3 is 5.41 Å². The van der Waals surface area contributed by atoms with E-state index in [-0.39, 0.29) is 0 Å². The van der Waals surface area contributed by atoms with E-state index in [4.69, 9.17) is 5.41 Å². The Hall–Kier alpha value is -1.07. The summed E-state index contributed by atoms with van der Waals surface area (Å²) in [4.78, 5) is 0. The minimum Gasteiger partial charge on any atom is -0.308 e. The van der Waals surface area contributed by atoms with Gasteiger partial charge in [0.1, 0.15) is 0 Å². The van der Waals surface area contributed by atoms with Crippen molar-refractivity contribution in [2.75, 3.05) is 0 Å². The van der Waals surface area contributed by atoms with Crippen molar-refractivity contribution >= 4 is 6.21 Å². The Morgan fingerprint density at radius 2 is 2.14 bits per heavy atom. The Morgan fingerprint density at radius 1 is 1.43 bits per heavy atom. The lowest BCUT2D eigenvalue weighted by atomic mass is 10.5. The molecule has 0 saturated carbocycles. The third kappa shape index (κ3) is 4.93. The highest BCUT2D eigenvalue weighted by atomic mass is 14.3. The molecule has 0 radical (unpaired) electrons. The van der Waals surface area contributed by atoms with Crippen LogP contribution in [0, 0.1) is 5.41 Å². The van der Waals surface area contributed by atoms with Crippen LogP contribution in [0.1, 0.15) is 0 Å². The van der Waals surface area contributed by atoms with Gasteiger partial charge in [-0.1, -0.05) is 12.7 Å². The predicted molar refractivity (Wildman–Crippen MR) is 31.6 cm³/mol. The molecule has 0 heterocycles. The van der Waals surface area contributed by atoms with Crippen LogP contribution in [0.2, 0.25) is 0 Å². The minimum absolute atomic E-state index is 1.17. The van der Waals surface area contributed by atoms with Crippen molar-refractivity contribution in [2.24, 2.45) is 0 Å². The molecule has 1 N–H and O–H groups in total. The van der Waals surface area contributed by atoms with Gasteiger partial charge in [-0.25, -0.2) is 0 Å². The molecule has 0 saturated heterocycles. The van der Waals surface area contributed by atoms with Crippen molar-refractivity contribution in [1.29, 1.82) is 5.41 Å². The monoisotopic (exact) mass is 93.1 g/mol. The Labute approximate surface area is 43.2 Å². The molecule has 7 heavy (non-hydrogen) atoms. The zero-order valence-corrected chi connectivity index (χ0v) is 4.02. The zero-order chi connectivity index (χ0) is 5.54. The van der Waals surface area contributed by atoms with E-state index in [1.807, 2.05) is 0 Å². The molecular weight excluding hydrogens is 86.1 g/mol. The summed E-state index contributed by atoms with van der Waals surface area (Å²) in [7, 11) is 0. The fourth-order valence-electron chi connectivity index (χ4n) is 0.172. The van der Waals surface area contributed by atoms with Crippen molar-refractivity contribution in [3.63, 3.8) is 0 Å². The number of nitrogens with one attached hydrogen (secondary N) is 1. The van der Waals surface area contributed by atoms with Gasteiger partial charge in [0.15, 0.2) is 0 Å². The third-order valence-electron chi connectivity index (χ3n) is 0.394. The van der Waals surface area contributed by atoms with Gasteiger partial charge in [0.25, 0.3) is 0 Å². The van der Waals surface area contributed by atoms with E-state index in [1.54, 1.807) is 12.2 Å². The highest BCUT2D eigenvalue weighted by Crippen LogP contribution is 1.62. The molecule has 0 aromatic rings. The maximum atomic E-state index is 6.48. The lowest BCUT2D eigenvalue weighted by Crippen LogP contribution is -1.47. The molecular formula is C6H7N. The molecule has 0 fully saturated rings. The standard InChI is InChI=1S/C6H7N/c1-2-3-4-5-6-7/h2-3,5-7H,1H2. The van der Waals surface area contributed by atoms with E-state index < -0.39 is 0 Å². The summed E-state index contributed by atoms with van der Waals surface area (Å²) in [5.74, 6) is 0. The summed E-state index contributed by atoms with van der Waals surface area (Å²) in [5, 5.41) is 6.48. The van der Waals surface area contributed by atoms with Gasteiger partial charge in [-0.3, -0.25) is 0 Å². The lowest BCUT2D eigenvalue weighted by molar-refractivity contribution is 1.58. The summed E-state index contributed by atoms with van der Waals surface area (Å²) in [6, 6.07) is 0. The zero-order valence-electron chi connectivity index (χ0n) is 4.02. The molecule has 0 atom stereocenters. The van der Waals surface area contributed by atoms with Crippen molar-refractivity contribution in [2.45, 2.75) is 0 Å². The van der Waals surface area contributed by atoms with Crippen LogP contribution in [-0.4, -0.2) is 6.21 Å². The van der Waals surface area contributed by atoms with Crippen LogP contribution >= 0.6 is 0 Å². The molecule has 0 rings (SSSR count). The Morgan fingerprint density at radius 3 is 2.57 bits per heavy atom. The fraction of sp³-hybridized carbons (Fsp3) is 0. The average molecular weight is 93.1 g/mol. The summed E-state index contributed by atoms with van der Waals surface area (Å²) in [6.07, 6.45) is 5.92. The first-order chi connectivity index (χ1) is 3.41. The van der Waals surface area contributed by atoms with E-state index in [1.165, 1.54) is 12.3 Å². The first-order valence-corrected chi connectivity index (χ1v) is 1.94. The SMILES string of the molecule is C=CC=C=CC=N. The normalized spacial score (nSPS) is 5.71. The first-order valence-electron chi connectivity index (χ1n) is 1.94. The number of hydrogen-bond acceptors (Lipinski definition) is 1. The van der Waals surface area contributed by atoms with Crippen LogP contribution in [0.5, 0.6) is 0 Å². The topological polar surface area (TPSA) is 23.9 Å². The van der Waals surface area contributed by atoms with E-state index in [0.717, 1.165) is 0 Å². The first kappa shape index (κ1) is 5.93. The van der Waals surface area contributed by atoms with Gasteiger partial charge in [-0.05, 0) is 12.2 Å². The predicted octanol–water partition coefficient (Wildman–Crippen LogP) is 1.53. The minimum atomic E-state index is 1.17. The maximum Gasteiger partial charge on any atom is 0.0254 e. The molecule has 0 aliphatic rings. The third-order valence-corrected chi connectivity index (χ3v) is 0.394. The van der Waals surface area contributed by atoms with Crippen LogP contribution in [-0.2, 0) is 0 Å². The van der Waals surface area contributed by atoms with Gasteiger partial charge in [0, 0.05) is 6.21 Å². The lowest BCUT2D eigenvalue weighted by Gasteiger charge is -1.56. The second-order valence-electron chi connectivity index (χ2n) is 0.902. The second kappa shape index (κ2) is 4.93. The molecule has 0 aromatic heterocycles. The summed E-state index contributed by atoms with van der Waals surface area (Å²) < 4.78 is 0. The Bertz CT molecular complexity index is 104. The van der Waals surface area contributed by atoms with Gasteiger partial charge in [-0.2, -0.15) is 0 Å². The van der Waals surface area contributed by atoms with Gasteiger partial charge in [0.2, 0.25) is 0 Å². The van der Waals surface area contributed by atoms with Crippen molar-refractivity contribution in [1.82, 2.24) is 0 Å². The molecule has 0 aromatic carbocycles. The van der Waals surface area contributed by atoms with Gasteiger partial charge in [-0.15, -0.1) is 5.73 Å². The molecule has 1 nitrogen and oxygen atoms in total. The van der Waals surface area contributed by atoms with Gasteiger partial charge in [0.05, 0.1) is 0 Å². The largest absolute Gasteiger partial charge is 0.308 e. The number of hydrogen-bond donors (Lipinski definition) is 1. The summed E-state index contributed by atoms with van der Waals surface area (Å²) in [6.45, 7) is 3.42. The molecule has 0 aliphatic carbocycles. The van der Waals surface area contributed by atoms with Crippen molar-refractivity contribution < 1.29 is 0 Å². The fourth-order valence-corrected chi connectivity index (χ4v) is 0.172. The Balaban J connectivity index is 3.61. The Kier molecular flexibility index (Phi) is 4.18. The van der Waals surface area contributed by atoms with Crippen LogP contribution in [0.4, 0.5) is 0 Å². The molecule has 36 valence electrons. The smallest absolute Gasteiger partial charge is 0.0254 e. The van der Waals surface area contributed by atoms with E-state index in [2.05, 4.69) is 12.3 Å². The summed E-state index contributed by atoms with van der Waals surface area (Å²) in [5.41, 5.74) is 2.67. The molecule has 0 bridgehead atoms. The molecule has 0 aliphatic heterocycles. The average Bonchev–Trinajstić information content (AvgIpc) is 1.69. The highest BCUT2D eigenvalue weighted by Gasteiger charge is 1.47. The molecule has 0 unspecified atom stereocenters. The van der Waals surface area contributed by atoms with Crippen LogP contribution in [0.25, 0.3) is 0 Å². The number of rotatable bonds is 2. The second-order valence-corrected chi connectivity index (χ2v) is 0.902. The van der Waals surface area contributed by atoms with Gasteiger partial charge >= 0.3 is 0 Å². The molecule has 0 spiro atoms. The number of allylic oxidation sites excluding steroid dienone is 2. The van der Waals surface area contributed by atoms with E-state index in [9.17, 15) is 0 Å². The van der Waals surface area contributed by atoms with Crippen LogP contribution in [0.15, 0.2) is 30.5 Å². The maximum absolute atomic E-state index is 6.48. The molecule has 0 amide bonds. The van der Waals surface area contributed by atoms with Crippen LogP contribution in [0.3, 0.4) is 0 Å². The molecule has 1 heteroatoms. The van der Waals surface area contributed by atoms with Crippen molar-refractivity contribution in [3.8, 4) is 0 Å². The van der Waals surface area contributed by atoms with Crippen molar-refractivity contribution in [3.05, 3.63) is 30.5 Å². The summed E-state index contributed by atoms with van der Waals surface area (Å²) >= 11 is 0. The van der Waals surface area contributed by atoms with Crippen LogP contribution < -0.4 is 0 Å². The highest BCUT2D eigenvalue weighted by molar-refractivity contribution is 5.67. The quantitative estimate of drug-likeness (QED) is 0.304. The van der Waals surface area contributed by atoms with E-state index in [0.29, 0.717) is 0 Å². The van der Waals surface area contributed by atoms with E-state index >= 15 is 0 Å².